The van der Waals surface area contributed by atoms with Crippen LogP contribution in [0.1, 0.15) is 5.82 Å². The number of imidazole rings is 1. The average Bonchev–Trinajstić information content (AvgIpc) is 2.76. The van der Waals surface area contributed by atoms with Crippen molar-refractivity contribution in [2.24, 2.45) is 0 Å². The molecule has 1 aliphatic rings. The average molecular weight is 235 g/mol. The highest BCUT2D eigenvalue weighted by atomic mass is 19.1. The van der Waals surface area contributed by atoms with Gasteiger partial charge in [-0.1, -0.05) is 0 Å². The Balaban J connectivity index is 2.15. The van der Waals surface area contributed by atoms with E-state index in [-0.39, 0.29) is 5.56 Å². The first kappa shape index (κ1) is 10.4. The first-order valence-corrected chi connectivity index (χ1v) is 5.46. The zero-order valence-corrected chi connectivity index (χ0v) is 9.08. The molecule has 17 heavy (non-hydrogen) atoms. The summed E-state index contributed by atoms with van der Waals surface area (Å²) in [5, 5.41) is 3.18. The molecule has 0 saturated carbocycles. The van der Waals surface area contributed by atoms with Crippen molar-refractivity contribution in [1.29, 1.82) is 0 Å². The van der Waals surface area contributed by atoms with E-state index in [9.17, 15) is 8.78 Å². The van der Waals surface area contributed by atoms with Crippen molar-refractivity contribution < 1.29 is 8.78 Å². The van der Waals surface area contributed by atoms with E-state index in [1.54, 1.807) is 6.20 Å². The molecule has 0 unspecified atom stereocenters. The van der Waals surface area contributed by atoms with Gasteiger partial charge in [0.25, 0.3) is 0 Å². The minimum atomic E-state index is -0.439. The standard InChI is InChI=1S/C12H11F2N3/c13-8-1-2-10(14)9(5-8)11-6-16-12-7-15-3-4-17(11)12/h1-2,5-6,15H,3-4,7H2. The first-order chi connectivity index (χ1) is 8.25. The molecule has 0 fully saturated rings. The number of nitrogens with one attached hydrogen (secondary N) is 1. The lowest BCUT2D eigenvalue weighted by Gasteiger charge is -2.17. The van der Waals surface area contributed by atoms with Crippen LogP contribution in [0.4, 0.5) is 8.78 Å². The van der Waals surface area contributed by atoms with E-state index >= 15 is 0 Å². The summed E-state index contributed by atoms with van der Waals surface area (Å²) in [5.74, 6) is -0.00608. The van der Waals surface area contributed by atoms with Gasteiger partial charge in [-0.2, -0.15) is 0 Å². The fraction of sp³-hybridized carbons (Fsp3) is 0.250. The number of rotatable bonds is 1. The maximum atomic E-state index is 13.7. The zero-order valence-electron chi connectivity index (χ0n) is 9.08. The third-order valence-corrected chi connectivity index (χ3v) is 2.94. The maximum absolute atomic E-state index is 13.7. The molecule has 0 bridgehead atoms. The van der Waals surface area contributed by atoms with Gasteiger partial charge < -0.3 is 9.88 Å². The van der Waals surface area contributed by atoms with Crippen LogP contribution in [0.15, 0.2) is 24.4 Å². The van der Waals surface area contributed by atoms with Gasteiger partial charge in [0.05, 0.1) is 18.4 Å². The summed E-state index contributed by atoms with van der Waals surface area (Å²) in [6.07, 6.45) is 1.60. The predicted molar refractivity (Wildman–Crippen MR) is 59.3 cm³/mol. The molecule has 1 aromatic heterocycles. The van der Waals surface area contributed by atoms with Crippen molar-refractivity contribution >= 4 is 0 Å². The molecule has 2 aromatic rings. The minimum Gasteiger partial charge on any atom is -0.326 e. The largest absolute Gasteiger partial charge is 0.326 e. The van der Waals surface area contributed by atoms with E-state index < -0.39 is 11.6 Å². The molecule has 0 atom stereocenters. The number of benzene rings is 1. The quantitative estimate of drug-likeness (QED) is 0.818. The van der Waals surface area contributed by atoms with Crippen molar-refractivity contribution in [2.75, 3.05) is 6.54 Å². The smallest absolute Gasteiger partial charge is 0.132 e. The minimum absolute atomic E-state index is 0.269. The van der Waals surface area contributed by atoms with Crippen LogP contribution in [0, 0.1) is 11.6 Å². The SMILES string of the molecule is Fc1ccc(F)c(-c2cnc3n2CCNC3)c1. The molecule has 5 heteroatoms. The number of hydrogen-bond donors (Lipinski definition) is 1. The van der Waals surface area contributed by atoms with Gasteiger partial charge in [-0.05, 0) is 18.2 Å². The Morgan fingerprint density at radius 3 is 3.06 bits per heavy atom. The molecule has 1 aliphatic heterocycles. The molecule has 1 aromatic carbocycles. The van der Waals surface area contributed by atoms with Crippen molar-refractivity contribution in [3.63, 3.8) is 0 Å². The van der Waals surface area contributed by atoms with E-state index in [1.807, 2.05) is 4.57 Å². The Bertz CT molecular complexity index is 563. The topological polar surface area (TPSA) is 29.9 Å². The van der Waals surface area contributed by atoms with Gasteiger partial charge in [-0.25, -0.2) is 13.8 Å². The monoisotopic (exact) mass is 235 g/mol. The summed E-state index contributed by atoms with van der Waals surface area (Å²) in [6, 6.07) is 3.47. The summed E-state index contributed by atoms with van der Waals surface area (Å²) in [5.41, 5.74) is 0.907. The zero-order chi connectivity index (χ0) is 11.8. The highest BCUT2D eigenvalue weighted by Gasteiger charge is 2.17. The lowest BCUT2D eigenvalue weighted by atomic mass is 10.1. The molecule has 3 nitrogen and oxygen atoms in total. The van der Waals surface area contributed by atoms with Gasteiger partial charge in [-0.3, -0.25) is 0 Å². The molecule has 0 radical (unpaired) electrons. The summed E-state index contributed by atoms with van der Waals surface area (Å²) in [6.45, 7) is 2.20. The van der Waals surface area contributed by atoms with Crippen LogP contribution in [0.2, 0.25) is 0 Å². The van der Waals surface area contributed by atoms with E-state index in [0.29, 0.717) is 12.2 Å². The second-order valence-corrected chi connectivity index (χ2v) is 4.01. The fourth-order valence-electron chi connectivity index (χ4n) is 2.10. The molecule has 88 valence electrons. The Morgan fingerprint density at radius 1 is 1.29 bits per heavy atom. The maximum Gasteiger partial charge on any atom is 0.132 e. The lowest BCUT2D eigenvalue weighted by Crippen LogP contribution is -2.28. The van der Waals surface area contributed by atoms with E-state index in [1.165, 1.54) is 6.07 Å². The van der Waals surface area contributed by atoms with Gasteiger partial charge in [0.2, 0.25) is 0 Å². The summed E-state index contributed by atoms with van der Waals surface area (Å²) in [7, 11) is 0. The highest BCUT2D eigenvalue weighted by molar-refractivity contribution is 5.60. The molecule has 0 spiro atoms. The summed E-state index contributed by atoms with van der Waals surface area (Å²) >= 11 is 0. The number of hydrogen-bond acceptors (Lipinski definition) is 2. The number of fused-ring (bicyclic) bond motifs is 1. The summed E-state index contributed by atoms with van der Waals surface area (Å²) < 4.78 is 28.8. The molecule has 2 heterocycles. The van der Waals surface area contributed by atoms with Crippen LogP contribution in [-0.4, -0.2) is 16.1 Å². The van der Waals surface area contributed by atoms with Crippen LogP contribution < -0.4 is 5.32 Å². The third kappa shape index (κ3) is 1.72. The Hall–Kier alpha value is -1.75. The molecular formula is C12H11F2N3. The Labute approximate surface area is 97.1 Å². The Morgan fingerprint density at radius 2 is 2.18 bits per heavy atom. The number of nitrogens with zero attached hydrogens (tertiary/aromatic N) is 2. The lowest BCUT2D eigenvalue weighted by molar-refractivity contribution is 0.507. The summed E-state index contributed by atoms with van der Waals surface area (Å²) in [4.78, 5) is 4.22. The van der Waals surface area contributed by atoms with Crippen molar-refractivity contribution in [1.82, 2.24) is 14.9 Å². The van der Waals surface area contributed by atoms with E-state index in [4.69, 9.17) is 0 Å². The highest BCUT2D eigenvalue weighted by Crippen LogP contribution is 2.25. The van der Waals surface area contributed by atoms with Crippen LogP contribution in [-0.2, 0) is 13.1 Å². The molecule has 0 saturated heterocycles. The van der Waals surface area contributed by atoms with E-state index in [2.05, 4.69) is 10.3 Å². The number of aromatic nitrogens is 2. The molecule has 0 amide bonds. The van der Waals surface area contributed by atoms with E-state index in [0.717, 1.165) is 31.0 Å². The van der Waals surface area contributed by atoms with Crippen LogP contribution in [0.25, 0.3) is 11.3 Å². The second kappa shape index (κ2) is 3.92. The number of halogens is 2. The first-order valence-electron chi connectivity index (χ1n) is 5.46. The molecular weight excluding hydrogens is 224 g/mol. The van der Waals surface area contributed by atoms with Gasteiger partial charge in [0.15, 0.2) is 0 Å². The predicted octanol–water partition coefficient (Wildman–Crippen LogP) is 1.93. The molecule has 0 aliphatic carbocycles. The normalized spacial score (nSPS) is 14.7. The van der Waals surface area contributed by atoms with Gasteiger partial charge >= 0.3 is 0 Å². The van der Waals surface area contributed by atoms with Crippen LogP contribution >= 0.6 is 0 Å². The van der Waals surface area contributed by atoms with Crippen LogP contribution in [0.5, 0.6) is 0 Å². The Kier molecular flexibility index (Phi) is 2.40. The molecule has 1 N–H and O–H groups in total. The van der Waals surface area contributed by atoms with Crippen molar-refractivity contribution in [3.05, 3.63) is 41.9 Å². The van der Waals surface area contributed by atoms with Gasteiger partial charge in [0, 0.05) is 18.7 Å². The van der Waals surface area contributed by atoms with Crippen molar-refractivity contribution in [2.45, 2.75) is 13.1 Å². The molecule has 3 rings (SSSR count). The van der Waals surface area contributed by atoms with Crippen molar-refractivity contribution in [3.8, 4) is 11.3 Å². The van der Waals surface area contributed by atoms with Gasteiger partial charge in [-0.15, -0.1) is 0 Å². The van der Waals surface area contributed by atoms with Gasteiger partial charge in [0.1, 0.15) is 17.5 Å². The second-order valence-electron chi connectivity index (χ2n) is 4.01. The fourth-order valence-corrected chi connectivity index (χ4v) is 2.10. The third-order valence-electron chi connectivity index (χ3n) is 2.94. The van der Waals surface area contributed by atoms with Crippen LogP contribution in [0.3, 0.4) is 0 Å².